The molecule has 0 bridgehead atoms. The normalized spacial score (nSPS) is 11.4. The van der Waals surface area contributed by atoms with Crippen LogP contribution >= 0.6 is 11.6 Å². The largest absolute Gasteiger partial charge is 0.276 e. The van der Waals surface area contributed by atoms with Crippen LogP contribution in [0.5, 0.6) is 0 Å². The molecule has 3 aromatic carbocycles. The number of aromatic nitrogens is 3. The van der Waals surface area contributed by atoms with E-state index in [1.54, 1.807) is 36.7 Å². The highest BCUT2D eigenvalue weighted by molar-refractivity contribution is 7.92. The number of benzene rings is 3. The van der Waals surface area contributed by atoms with Gasteiger partial charge in [-0.3, -0.25) is 4.72 Å². The summed E-state index contributed by atoms with van der Waals surface area (Å²) < 4.78 is 28.1. The van der Waals surface area contributed by atoms with Crippen LogP contribution in [-0.4, -0.2) is 23.6 Å². The Labute approximate surface area is 196 Å². The number of rotatable bonds is 5. The highest BCUT2D eigenvalue weighted by atomic mass is 35.5. The Hall–Kier alpha value is -3.81. The Morgan fingerprint density at radius 1 is 0.758 bits per heavy atom. The van der Waals surface area contributed by atoms with Crippen molar-refractivity contribution in [3.8, 4) is 22.3 Å². The molecule has 2 aromatic heterocycles. The number of pyridine rings is 1. The summed E-state index contributed by atoms with van der Waals surface area (Å²) >= 11 is 6.22. The number of hydrogen-bond donors (Lipinski definition) is 1. The first-order valence-electron chi connectivity index (χ1n) is 10.1. The topological polar surface area (TPSA) is 84.8 Å². The van der Waals surface area contributed by atoms with Gasteiger partial charge in [0.25, 0.3) is 10.0 Å². The molecule has 0 fully saturated rings. The maximum atomic E-state index is 12.8. The third kappa shape index (κ3) is 4.28. The van der Waals surface area contributed by atoms with Gasteiger partial charge in [0.1, 0.15) is 0 Å². The van der Waals surface area contributed by atoms with Crippen molar-refractivity contribution in [2.24, 2.45) is 0 Å². The van der Waals surface area contributed by atoms with E-state index in [0.29, 0.717) is 5.56 Å². The maximum Gasteiger partial charge on any atom is 0.261 e. The Bertz CT molecular complexity index is 1560. The molecule has 0 aliphatic carbocycles. The lowest BCUT2D eigenvalue weighted by Crippen LogP contribution is -2.13. The van der Waals surface area contributed by atoms with Gasteiger partial charge in [-0.25, -0.2) is 13.4 Å². The summed E-state index contributed by atoms with van der Waals surface area (Å²) in [4.78, 5) is 4.35. The van der Waals surface area contributed by atoms with Crippen LogP contribution in [0.2, 0.25) is 5.15 Å². The predicted molar refractivity (Wildman–Crippen MR) is 130 cm³/mol. The number of fused-ring (bicyclic) bond motifs is 1. The molecule has 8 heteroatoms. The number of nitrogens with one attached hydrogen (secondary N) is 1. The fourth-order valence-corrected chi connectivity index (χ4v) is 4.85. The summed E-state index contributed by atoms with van der Waals surface area (Å²) in [5.74, 6) is 0. The van der Waals surface area contributed by atoms with E-state index in [9.17, 15) is 8.42 Å². The van der Waals surface area contributed by atoms with E-state index < -0.39 is 10.0 Å². The summed E-state index contributed by atoms with van der Waals surface area (Å²) in [7, 11) is -3.80. The molecule has 0 radical (unpaired) electrons. The van der Waals surface area contributed by atoms with Crippen LogP contribution < -0.4 is 4.72 Å². The molecule has 0 saturated carbocycles. The van der Waals surface area contributed by atoms with Crippen molar-refractivity contribution in [1.82, 2.24) is 15.2 Å². The lowest BCUT2D eigenvalue weighted by Gasteiger charge is -2.12. The SMILES string of the molecule is O=S(=O)(Nc1cc(-c2ccc3nncc(-c4ccccc4)c3c2)cnc1Cl)c1ccccc1. The lowest BCUT2D eigenvalue weighted by atomic mass is 9.99. The van der Waals surface area contributed by atoms with Gasteiger partial charge in [-0.1, -0.05) is 66.2 Å². The monoisotopic (exact) mass is 472 g/mol. The van der Waals surface area contributed by atoms with Gasteiger partial charge in [-0.2, -0.15) is 10.2 Å². The van der Waals surface area contributed by atoms with Crippen molar-refractivity contribution < 1.29 is 8.42 Å². The zero-order chi connectivity index (χ0) is 22.8. The van der Waals surface area contributed by atoms with Crippen molar-refractivity contribution in [2.75, 3.05) is 4.72 Å². The van der Waals surface area contributed by atoms with Gasteiger partial charge < -0.3 is 0 Å². The quantitative estimate of drug-likeness (QED) is 0.326. The Morgan fingerprint density at radius 2 is 1.48 bits per heavy atom. The second kappa shape index (κ2) is 8.61. The van der Waals surface area contributed by atoms with Crippen molar-refractivity contribution >= 4 is 38.2 Å². The van der Waals surface area contributed by atoms with Gasteiger partial charge in [0.15, 0.2) is 5.15 Å². The lowest BCUT2D eigenvalue weighted by molar-refractivity contribution is 0.601. The molecule has 5 aromatic rings. The van der Waals surface area contributed by atoms with Crippen LogP contribution in [-0.2, 0) is 10.0 Å². The molecule has 162 valence electrons. The van der Waals surface area contributed by atoms with Gasteiger partial charge in [0, 0.05) is 22.7 Å². The first-order valence-corrected chi connectivity index (χ1v) is 11.9. The second-order valence-corrected chi connectivity index (χ2v) is 9.38. The summed E-state index contributed by atoms with van der Waals surface area (Å²) in [6.07, 6.45) is 3.35. The zero-order valence-electron chi connectivity index (χ0n) is 17.2. The van der Waals surface area contributed by atoms with E-state index in [0.717, 1.165) is 27.6 Å². The summed E-state index contributed by atoms with van der Waals surface area (Å²) in [5, 5.41) is 9.36. The fraction of sp³-hybridized carbons (Fsp3) is 0. The number of nitrogens with zero attached hydrogens (tertiary/aromatic N) is 3. The van der Waals surface area contributed by atoms with E-state index in [1.807, 2.05) is 48.5 Å². The maximum absolute atomic E-state index is 12.8. The van der Waals surface area contributed by atoms with Crippen molar-refractivity contribution in [1.29, 1.82) is 0 Å². The van der Waals surface area contributed by atoms with E-state index >= 15 is 0 Å². The molecule has 0 spiro atoms. The average Bonchev–Trinajstić information content (AvgIpc) is 2.85. The average molecular weight is 473 g/mol. The Kier molecular flexibility index (Phi) is 5.50. The van der Waals surface area contributed by atoms with Gasteiger partial charge in [0.2, 0.25) is 0 Å². The standard InChI is InChI=1S/C25H17ClN4O2S/c26-25-24(30-33(31,32)20-9-5-2-6-10-20)14-19(15-27-25)18-11-12-23-21(13-18)22(16-28-29-23)17-7-3-1-4-8-17/h1-16,30H. The van der Waals surface area contributed by atoms with Crippen LogP contribution in [0, 0.1) is 0 Å². The molecule has 0 atom stereocenters. The summed E-state index contributed by atoms with van der Waals surface area (Å²) in [6.45, 7) is 0. The molecule has 0 amide bonds. The minimum absolute atomic E-state index is 0.0647. The van der Waals surface area contributed by atoms with Crippen LogP contribution in [0.25, 0.3) is 33.2 Å². The minimum Gasteiger partial charge on any atom is -0.276 e. The van der Waals surface area contributed by atoms with E-state index in [1.165, 1.54) is 12.1 Å². The third-order valence-corrected chi connectivity index (χ3v) is 6.88. The molecular weight excluding hydrogens is 456 g/mol. The minimum atomic E-state index is -3.80. The molecule has 6 nitrogen and oxygen atoms in total. The Morgan fingerprint density at radius 3 is 2.24 bits per heavy atom. The number of halogens is 1. The van der Waals surface area contributed by atoms with Crippen LogP contribution in [0.4, 0.5) is 5.69 Å². The van der Waals surface area contributed by atoms with Crippen LogP contribution in [0.15, 0.2) is 102 Å². The number of anilines is 1. The molecule has 1 N–H and O–H groups in total. The number of hydrogen-bond acceptors (Lipinski definition) is 5. The smallest absolute Gasteiger partial charge is 0.261 e. The summed E-state index contributed by atoms with van der Waals surface area (Å²) in [5.41, 5.74) is 4.50. The predicted octanol–water partition coefficient (Wildman–Crippen LogP) is 5.81. The fourth-order valence-electron chi connectivity index (χ4n) is 3.57. The van der Waals surface area contributed by atoms with E-state index in [2.05, 4.69) is 19.9 Å². The van der Waals surface area contributed by atoms with E-state index in [-0.39, 0.29) is 15.7 Å². The molecule has 2 heterocycles. The first-order chi connectivity index (χ1) is 16.0. The summed E-state index contributed by atoms with van der Waals surface area (Å²) in [6, 6.07) is 25.5. The first kappa shape index (κ1) is 21.1. The highest BCUT2D eigenvalue weighted by Crippen LogP contribution is 2.33. The van der Waals surface area contributed by atoms with E-state index in [4.69, 9.17) is 11.6 Å². The second-order valence-electron chi connectivity index (χ2n) is 7.34. The number of sulfonamides is 1. The zero-order valence-corrected chi connectivity index (χ0v) is 18.8. The Balaban J connectivity index is 1.57. The molecule has 0 saturated heterocycles. The van der Waals surface area contributed by atoms with Crippen LogP contribution in [0.3, 0.4) is 0 Å². The molecule has 0 aliphatic rings. The third-order valence-electron chi connectivity index (χ3n) is 5.19. The van der Waals surface area contributed by atoms with Crippen molar-refractivity contribution in [3.05, 3.63) is 102 Å². The van der Waals surface area contributed by atoms with Crippen molar-refractivity contribution in [2.45, 2.75) is 4.90 Å². The van der Waals surface area contributed by atoms with Crippen LogP contribution in [0.1, 0.15) is 0 Å². The molecule has 0 aliphatic heterocycles. The highest BCUT2D eigenvalue weighted by Gasteiger charge is 2.17. The molecule has 0 unspecified atom stereocenters. The molecule has 5 rings (SSSR count). The van der Waals surface area contributed by atoms with Crippen molar-refractivity contribution in [3.63, 3.8) is 0 Å². The van der Waals surface area contributed by atoms with Gasteiger partial charge in [-0.15, -0.1) is 0 Å². The van der Waals surface area contributed by atoms with Gasteiger partial charge in [-0.05, 0) is 41.5 Å². The molecule has 33 heavy (non-hydrogen) atoms. The molecular formula is C25H17ClN4O2S. The van der Waals surface area contributed by atoms with Gasteiger partial charge >= 0.3 is 0 Å². The van der Waals surface area contributed by atoms with Gasteiger partial charge in [0.05, 0.1) is 22.3 Å².